The summed E-state index contributed by atoms with van der Waals surface area (Å²) in [6, 6.07) is 15.4. The number of aryl methyl sites for hydroxylation is 2. The summed E-state index contributed by atoms with van der Waals surface area (Å²) >= 11 is 5.15. The number of anilines is 1. The molecule has 3 aromatic rings. The molecule has 1 amide bonds. The quantitative estimate of drug-likeness (QED) is 0.616. The van der Waals surface area contributed by atoms with E-state index in [1.807, 2.05) is 62.4 Å². The molecule has 0 aliphatic rings. The van der Waals surface area contributed by atoms with E-state index in [-0.39, 0.29) is 23.9 Å². The number of carbonyl (C=O) groups is 1. The summed E-state index contributed by atoms with van der Waals surface area (Å²) in [6.07, 6.45) is 0.834. The minimum atomic E-state index is -0.216. The number of nitrogens with one attached hydrogen (secondary N) is 1. The predicted octanol–water partition coefficient (Wildman–Crippen LogP) is 4.29. The number of hydrogen-bond donors (Lipinski definition) is 1. The molecule has 27 heavy (non-hydrogen) atoms. The molecule has 0 spiro atoms. The molecule has 0 fully saturated rings. The first-order valence-corrected chi connectivity index (χ1v) is 9.10. The smallest absolute Gasteiger partial charge is 0.287 e. The average Bonchev–Trinajstić information content (AvgIpc) is 3.01. The van der Waals surface area contributed by atoms with E-state index in [4.69, 9.17) is 21.4 Å². The van der Waals surface area contributed by atoms with Crippen molar-refractivity contribution in [2.75, 3.05) is 5.32 Å². The minimum absolute atomic E-state index is 0.0229. The Morgan fingerprint density at radius 2 is 1.96 bits per heavy atom. The fourth-order valence-corrected chi connectivity index (χ4v) is 2.77. The molecule has 0 unspecified atom stereocenters. The molecule has 0 bridgehead atoms. The average molecular weight is 383 g/mol. The largest absolute Gasteiger partial charge is 0.484 e. The number of hydrogen-bond acceptors (Lipinski definition) is 5. The van der Waals surface area contributed by atoms with Gasteiger partial charge in [0.25, 0.3) is 10.7 Å². The van der Waals surface area contributed by atoms with E-state index >= 15 is 0 Å². The first-order valence-electron chi connectivity index (χ1n) is 8.69. The summed E-state index contributed by atoms with van der Waals surface area (Å²) < 4.78 is 12.4. The highest BCUT2D eigenvalue weighted by Gasteiger charge is 2.11. The molecule has 0 aliphatic carbocycles. The zero-order valence-corrected chi connectivity index (χ0v) is 16.1. The number of aromatic nitrogens is 2. The van der Waals surface area contributed by atoms with E-state index in [9.17, 15) is 4.79 Å². The van der Waals surface area contributed by atoms with Crippen LogP contribution in [0.25, 0.3) is 0 Å². The first kappa shape index (κ1) is 18.8. The Hall–Kier alpha value is -2.93. The third kappa shape index (κ3) is 5.04. The topological polar surface area (TPSA) is 69.3 Å². The van der Waals surface area contributed by atoms with Crippen LogP contribution in [0.15, 0.2) is 52.9 Å². The Morgan fingerprint density at radius 3 is 2.70 bits per heavy atom. The number of nitrogens with zero attached hydrogens (tertiary/aromatic N) is 2. The molecule has 1 aromatic heterocycles. The van der Waals surface area contributed by atoms with Crippen molar-refractivity contribution in [3.05, 3.63) is 70.4 Å². The molecule has 0 saturated carbocycles. The summed E-state index contributed by atoms with van der Waals surface area (Å²) in [5.74, 6) is 0.818. The molecule has 2 aromatic carbocycles. The van der Waals surface area contributed by atoms with Crippen molar-refractivity contribution in [2.24, 2.45) is 0 Å². The number of rotatable bonds is 7. The molecule has 0 radical (unpaired) electrons. The van der Waals surface area contributed by atoms with Crippen LogP contribution in [0, 0.1) is 11.8 Å². The molecule has 1 heterocycles. The summed E-state index contributed by atoms with van der Waals surface area (Å²) in [6.45, 7) is 4.16. The highest BCUT2D eigenvalue weighted by Crippen LogP contribution is 2.16. The van der Waals surface area contributed by atoms with Gasteiger partial charge in [0, 0.05) is 5.69 Å². The molecule has 1 N–H and O–H groups in total. The summed E-state index contributed by atoms with van der Waals surface area (Å²) in [4.78, 5) is 12.5. The van der Waals surface area contributed by atoms with Crippen molar-refractivity contribution < 1.29 is 13.9 Å². The van der Waals surface area contributed by atoms with E-state index in [2.05, 4.69) is 10.4 Å². The zero-order chi connectivity index (χ0) is 19.2. The van der Waals surface area contributed by atoms with Crippen molar-refractivity contribution in [1.29, 1.82) is 0 Å². The molecule has 0 atom stereocenters. The van der Waals surface area contributed by atoms with Crippen LogP contribution in [0.5, 0.6) is 5.75 Å². The number of para-hydroxylation sites is 1. The van der Waals surface area contributed by atoms with E-state index in [1.54, 1.807) is 0 Å². The number of amides is 1. The summed E-state index contributed by atoms with van der Waals surface area (Å²) in [5, 5.41) is 7.12. The van der Waals surface area contributed by atoms with Gasteiger partial charge in [0.1, 0.15) is 12.3 Å². The normalized spacial score (nSPS) is 10.6. The molecular formula is C20H21N3O3S. The lowest BCUT2D eigenvalue weighted by Gasteiger charge is -2.09. The van der Waals surface area contributed by atoms with Crippen LogP contribution >= 0.6 is 12.2 Å². The lowest BCUT2D eigenvalue weighted by molar-refractivity contribution is -0.117. The highest BCUT2D eigenvalue weighted by molar-refractivity contribution is 7.71. The summed E-state index contributed by atoms with van der Waals surface area (Å²) in [7, 11) is 0. The Labute approximate surface area is 162 Å². The van der Waals surface area contributed by atoms with Gasteiger partial charge in [-0.25, -0.2) is 4.68 Å². The van der Waals surface area contributed by atoms with E-state index in [0.717, 1.165) is 23.2 Å². The minimum Gasteiger partial charge on any atom is -0.484 e. The lowest BCUT2D eigenvalue weighted by Crippen LogP contribution is -2.20. The van der Waals surface area contributed by atoms with Gasteiger partial charge in [0.05, 0.1) is 0 Å². The second kappa shape index (κ2) is 8.64. The van der Waals surface area contributed by atoms with Gasteiger partial charge >= 0.3 is 0 Å². The molecule has 140 valence electrons. The Bertz CT molecular complexity index is 977. The lowest BCUT2D eigenvalue weighted by atomic mass is 10.1. The number of benzene rings is 2. The fourth-order valence-electron chi connectivity index (χ4n) is 2.56. The highest BCUT2D eigenvalue weighted by atomic mass is 32.1. The van der Waals surface area contributed by atoms with Crippen molar-refractivity contribution in [2.45, 2.75) is 33.4 Å². The maximum Gasteiger partial charge on any atom is 0.287 e. The van der Waals surface area contributed by atoms with Crippen LogP contribution in [0.4, 0.5) is 5.69 Å². The molecule has 3 rings (SSSR count). The van der Waals surface area contributed by atoms with E-state index < -0.39 is 0 Å². The number of carbonyl (C=O) groups excluding carboxylic acids is 1. The van der Waals surface area contributed by atoms with Gasteiger partial charge < -0.3 is 14.5 Å². The van der Waals surface area contributed by atoms with Gasteiger partial charge in [-0.05, 0) is 49.3 Å². The van der Waals surface area contributed by atoms with Crippen molar-refractivity contribution in [3.8, 4) is 5.75 Å². The SMILES string of the molecule is CCc1ccccc1NC(=O)Cn1nc(COc2ccc(C)cc2)oc1=S. The van der Waals surface area contributed by atoms with Gasteiger partial charge in [0.2, 0.25) is 5.91 Å². The van der Waals surface area contributed by atoms with Gasteiger partial charge in [-0.1, -0.05) is 42.8 Å². The summed E-state index contributed by atoms with van der Waals surface area (Å²) in [5.41, 5.74) is 3.02. The van der Waals surface area contributed by atoms with Crippen LogP contribution in [-0.4, -0.2) is 15.7 Å². The maximum absolute atomic E-state index is 12.3. The predicted molar refractivity (Wildman–Crippen MR) is 105 cm³/mol. The second-order valence-corrected chi connectivity index (χ2v) is 6.43. The monoisotopic (exact) mass is 383 g/mol. The fraction of sp³-hybridized carbons (Fsp3) is 0.250. The third-order valence-corrected chi connectivity index (χ3v) is 4.29. The maximum atomic E-state index is 12.3. The molecular weight excluding hydrogens is 362 g/mol. The van der Waals surface area contributed by atoms with Gasteiger partial charge in [-0.15, -0.1) is 5.10 Å². The molecule has 0 saturated heterocycles. The molecule has 7 heteroatoms. The second-order valence-electron chi connectivity index (χ2n) is 6.08. The van der Waals surface area contributed by atoms with Crippen molar-refractivity contribution in [3.63, 3.8) is 0 Å². The standard InChI is InChI=1S/C20H21N3O3S/c1-3-15-6-4-5-7-17(15)21-18(24)12-23-20(27)26-19(22-23)13-25-16-10-8-14(2)9-11-16/h4-11H,3,12-13H2,1-2H3,(H,21,24). The van der Waals surface area contributed by atoms with Crippen LogP contribution in [0.2, 0.25) is 0 Å². The van der Waals surface area contributed by atoms with E-state index in [0.29, 0.717) is 11.6 Å². The third-order valence-electron chi connectivity index (χ3n) is 4.00. The van der Waals surface area contributed by atoms with E-state index in [1.165, 1.54) is 4.68 Å². The molecule has 0 aliphatic heterocycles. The Morgan fingerprint density at radius 1 is 1.22 bits per heavy atom. The zero-order valence-electron chi connectivity index (χ0n) is 15.3. The van der Waals surface area contributed by atoms with Crippen LogP contribution in [0.3, 0.4) is 0 Å². The van der Waals surface area contributed by atoms with Gasteiger partial charge in [-0.2, -0.15) is 0 Å². The van der Waals surface area contributed by atoms with Gasteiger partial charge in [0.15, 0.2) is 6.61 Å². The van der Waals surface area contributed by atoms with Gasteiger partial charge in [-0.3, -0.25) is 4.79 Å². The van der Waals surface area contributed by atoms with Crippen molar-refractivity contribution in [1.82, 2.24) is 9.78 Å². The number of ether oxygens (including phenoxy) is 1. The van der Waals surface area contributed by atoms with Crippen LogP contribution < -0.4 is 10.1 Å². The Kier molecular flexibility index (Phi) is 6.03. The van der Waals surface area contributed by atoms with Crippen molar-refractivity contribution >= 4 is 23.8 Å². The van der Waals surface area contributed by atoms with Crippen LogP contribution in [-0.2, 0) is 24.4 Å². The van der Waals surface area contributed by atoms with Crippen LogP contribution in [0.1, 0.15) is 23.9 Å². The Balaban J connectivity index is 1.61. The first-order chi connectivity index (χ1) is 13.0. The molecule has 6 nitrogen and oxygen atoms in total.